The van der Waals surface area contributed by atoms with Gasteiger partial charge in [0.15, 0.2) is 6.29 Å². The van der Waals surface area contributed by atoms with Crippen molar-refractivity contribution in [3.63, 3.8) is 0 Å². The Hall–Kier alpha value is -3.22. The maximum Gasteiger partial charge on any atom is 0.153 e. The highest BCUT2D eigenvalue weighted by molar-refractivity contribution is 5.79. The minimum absolute atomic E-state index is 0.412. The SMILES string of the molecule is O=Cc1ccccc1OCc1ccc(OCCN2CCN(Cc3ccncc3)CC2)cc1. The van der Waals surface area contributed by atoms with Gasteiger partial charge in [0.05, 0.1) is 5.56 Å². The summed E-state index contributed by atoms with van der Waals surface area (Å²) in [6.45, 7) is 7.27. The zero-order valence-electron chi connectivity index (χ0n) is 18.2. The molecule has 0 radical (unpaired) electrons. The van der Waals surface area contributed by atoms with Crippen LogP contribution in [0.5, 0.6) is 11.5 Å². The van der Waals surface area contributed by atoms with Crippen LogP contribution in [0.2, 0.25) is 0 Å². The van der Waals surface area contributed by atoms with Crippen molar-refractivity contribution in [3.8, 4) is 11.5 Å². The fraction of sp³-hybridized carbons (Fsp3) is 0.308. The predicted molar refractivity (Wildman–Crippen MR) is 124 cm³/mol. The number of rotatable bonds is 10. The van der Waals surface area contributed by atoms with Crippen LogP contribution in [-0.2, 0) is 13.2 Å². The number of pyridine rings is 1. The fourth-order valence-electron chi connectivity index (χ4n) is 3.76. The highest BCUT2D eigenvalue weighted by Gasteiger charge is 2.16. The highest BCUT2D eigenvalue weighted by atomic mass is 16.5. The summed E-state index contributed by atoms with van der Waals surface area (Å²) < 4.78 is 11.7. The van der Waals surface area contributed by atoms with Crippen LogP contribution in [0.15, 0.2) is 73.1 Å². The molecule has 0 amide bonds. The molecule has 0 N–H and O–H groups in total. The average molecular weight is 432 g/mol. The van der Waals surface area contributed by atoms with Gasteiger partial charge < -0.3 is 9.47 Å². The molecule has 1 aliphatic heterocycles. The zero-order chi connectivity index (χ0) is 22.0. The van der Waals surface area contributed by atoms with E-state index in [4.69, 9.17) is 9.47 Å². The second-order valence-electron chi connectivity index (χ2n) is 7.91. The van der Waals surface area contributed by atoms with Crippen LogP contribution in [0.25, 0.3) is 0 Å². The van der Waals surface area contributed by atoms with E-state index in [0.717, 1.165) is 56.9 Å². The molecule has 2 heterocycles. The normalized spacial score (nSPS) is 14.8. The number of ether oxygens (including phenoxy) is 2. The van der Waals surface area contributed by atoms with Crippen molar-refractivity contribution in [2.45, 2.75) is 13.2 Å². The van der Waals surface area contributed by atoms with Gasteiger partial charge in [0.25, 0.3) is 0 Å². The maximum atomic E-state index is 11.1. The molecule has 2 aromatic carbocycles. The molecule has 32 heavy (non-hydrogen) atoms. The molecule has 0 saturated carbocycles. The Labute approximate surface area is 189 Å². The topological polar surface area (TPSA) is 54.9 Å². The third-order valence-electron chi connectivity index (χ3n) is 5.66. The van der Waals surface area contributed by atoms with Gasteiger partial charge >= 0.3 is 0 Å². The van der Waals surface area contributed by atoms with E-state index >= 15 is 0 Å². The van der Waals surface area contributed by atoms with E-state index in [9.17, 15) is 4.79 Å². The van der Waals surface area contributed by atoms with E-state index in [1.807, 2.05) is 48.8 Å². The first-order valence-corrected chi connectivity index (χ1v) is 11.0. The predicted octanol–water partition coefficient (Wildman–Crippen LogP) is 3.67. The van der Waals surface area contributed by atoms with Gasteiger partial charge in [-0.2, -0.15) is 0 Å². The van der Waals surface area contributed by atoms with E-state index in [2.05, 4.69) is 26.9 Å². The minimum Gasteiger partial charge on any atom is -0.492 e. The number of carbonyl (C=O) groups is 1. The first kappa shape index (κ1) is 22.0. The zero-order valence-corrected chi connectivity index (χ0v) is 18.2. The molecule has 1 aliphatic rings. The minimum atomic E-state index is 0.412. The summed E-state index contributed by atoms with van der Waals surface area (Å²) >= 11 is 0. The quantitative estimate of drug-likeness (QED) is 0.457. The van der Waals surface area contributed by atoms with E-state index in [-0.39, 0.29) is 0 Å². The van der Waals surface area contributed by atoms with Crippen LogP contribution in [-0.4, -0.2) is 60.4 Å². The molecule has 166 valence electrons. The monoisotopic (exact) mass is 431 g/mol. The Morgan fingerprint density at radius 3 is 2.28 bits per heavy atom. The second-order valence-corrected chi connectivity index (χ2v) is 7.91. The van der Waals surface area contributed by atoms with Gasteiger partial charge in [-0.05, 0) is 47.5 Å². The Balaban J connectivity index is 1.15. The van der Waals surface area contributed by atoms with Gasteiger partial charge in [-0.1, -0.05) is 24.3 Å². The maximum absolute atomic E-state index is 11.1. The number of hydrogen-bond donors (Lipinski definition) is 0. The molecule has 1 aromatic heterocycles. The number of hydrogen-bond acceptors (Lipinski definition) is 6. The van der Waals surface area contributed by atoms with Gasteiger partial charge in [-0.25, -0.2) is 0 Å². The summed E-state index contributed by atoms with van der Waals surface area (Å²) in [4.78, 5) is 20.1. The first-order valence-electron chi connectivity index (χ1n) is 11.0. The Kier molecular flexibility index (Phi) is 7.84. The number of nitrogens with zero attached hydrogens (tertiary/aromatic N) is 3. The van der Waals surface area contributed by atoms with E-state index < -0.39 is 0 Å². The third kappa shape index (κ3) is 6.39. The summed E-state index contributed by atoms with van der Waals surface area (Å²) in [7, 11) is 0. The molecule has 1 fully saturated rings. The van der Waals surface area contributed by atoms with Crippen LogP contribution in [0.1, 0.15) is 21.5 Å². The van der Waals surface area contributed by atoms with Crippen LogP contribution >= 0.6 is 0 Å². The van der Waals surface area contributed by atoms with Crippen molar-refractivity contribution in [2.24, 2.45) is 0 Å². The van der Waals surface area contributed by atoms with Gasteiger partial charge in [-0.15, -0.1) is 0 Å². The van der Waals surface area contributed by atoms with Crippen molar-refractivity contribution in [1.82, 2.24) is 14.8 Å². The lowest BCUT2D eigenvalue weighted by Crippen LogP contribution is -2.47. The number of benzene rings is 2. The largest absolute Gasteiger partial charge is 0.492 e. The number of carbonyl (C=O) groups excluding carboxylic acids is 1. The number of aldehydes is 1. The van der Waals surface area contributed by atoms with Crippen molar-refractivity contribution in [1.29, 1.82) is 0 Å². The molecule has 0 aliphatic carbocycles. The first-order chi connectivity index (χ1) is 15.8. The third-order valence-corrected chi connectivity index (χ3v) is 5.66. The lowest BCUT2D eigenvalue weighted by atomic mass is 10.2. The smallest absolute Gasteiger partial charge is 0.153 e. The second kappa shape index (κ2) is 11.4. The molecule has 0 spiro atoms. The standard InChI is InChI=1S/C26H29N3O3/c30-20-24-3-1-2-4-26(24)32-21-23-5-7-25(8-6-23)31-18-17-28-13-15-29(16-14-28)19-22-9-11-27-12-10-22/h1-12,20H,13-19,21H2. The average Bonchev–Trinajstić information content (AvgIpc) is 2.85. The lowest BCUT2D eigenvalue weighted by molar-refractivity contribution is 0.111. The van der Waals surface area contributed by atoms with Crippen LogP contribution in [0, 0.1) is 0 Å². The molecular formula is C26H29N3O3. The number of para-hydroxylation sites is 1. The van der Waals surface area contributed by atoms with Crippen LogP contribution in [0.3, 0.4) is 0 Å². The molecule has 6 nitrogen and oxygen atoms in total. The molecule has 3 aromatic rings. The van der Waals surface area contributed by atoms with Crippen molar-refractivity contribution in [2.75, 3.05) is 39.3 Å². The van der Waals surface area contributed by atoms with E-state index in [0.29, 0.717) is 24.5 Å². The summed E-state index contributed by atoms with van der Waals surface area (Å²) in [6, 6.07) is 19.3. The van der Waals surface area contributed by atoms with E-state index in [1.54, 1.807) is 12.1 Å². The van der Waals surface area contributed by atoms with Crippen molar-refractivity contribution in [3.05, 3.63) is 89.7 Å². The summed E-state index contributed by atoms with van der Waals surface area (Å²) in [5, 5.41) is 0. The van der Waals surface area contributed by atoms with Crippen molar-refractivity contribution >= 4 is 6.29 Å². The fourth-order valence-corrected chi connectivity index (χ4v) is 3.76. The van der Waals surface area contributed by atoms with Gasteiger partial charge in [0, 0.05) is 51.7 Å². The van der Waals surface area contributed by atoms with E-state index in [1.165, 1.54) is 5.56 Å². The van der Waals surface area contributed by atoms with Crippen LogP contribution in [0.4, 0.5) is 0 Å². The number of piperazine rings is 1. The highest BCUT2D eigenvalue weighted by Crippen LogP contribution is 2.19. The molecule has 0 atom stereocenters. The summed E-state index contributed by atoms with van der Waals surface area (Å²) in [5.74, 6) is 1.46. The number of aromatic nitrogens is 1. The van der Waals surface area contributed by atoms with Crippen LogP contribution < -0.4 is 9.47 Å². The lowest BCUT2D eigenvalue weighted by Gasteiger charge is -2.34. The van der Waals surface area contributed by atoms with Gasteiger partial charge in [0.1, 0.15) is 24.7 Å². The summed E-state index contributed by atoms with van der Waals surface area (Å²) in [6.07, 6.45) is 4.53. The summed E-state index contributed by atoms with van der Waals surface area (Å²) in [5.41, 5.74) is 2.91. The molecule has 4 rings (SSSR count). The Morgan fingerprint density at radius 1 is 0.812 bits per heavy atom. The van der Waals surface area contributed by atoms with Crippen molar-refractivity contribution < 1.29 is 14.3 Å². The molecule has 0 unspecified atom stereocenters. The van der Waals surface area contributed by atoms with Gasteiger partial charge in [-0.3, -0.25) is 19.6 Å². The molecule has 0 bridgehead atoms. The Bertz CT molecular complexity index is 971. The Morgan fingerprint density at radius 2 is 1.53 bits per heavy atom. The molecular weight excluding hydrogens is 402 g/mol. The van der Waals surface area contributed by atoms with Gasteiger partial charge in [0.2, 0.25) is 0 Å². The molecule has 6 heteroatoms. The molecule has 1 saturated heterocycles.